The molecule has 1 heterocycles. The first-order valence-electron chi connectivity index (χ1n) is 13.7. The molecule has 17 heteroatoms. The molecule has 47 heavy (non-hydrogen) atoms. The Morgan fingerprint density at radius 3 is 2.30 bits per heavy atom. The number of rotatable bonds is 12. The summed E-state index contributed by atoms with van der Waals surface area (Å²) in [5.41, 5.74) is 2.76. The van der Waals surface area contributed by atoms with Gasteiger partial charge in [0, 0.05) is 42.7 Å². The van der Waals surface area contributed by atoms with E-state index < -0.39 is 56.3 Å². The molecule has 0 saturated carbocycles. The molecule has 1 unspecified atom stereocenters. The second-order valence-electron chi connectivity index (χ2n) is 10.5. The summed E-state index contributed by atoms with van der Waals surface area (Å²) in [5.74, 6) is -3.84. The van der Waals surface area contributed by atoms with E-state index in [2.05, 4.69) is 10.1 Å². The number of sulfonamides is 1. The fourth-order valence-electron chi connectivity index (χ4n) is 5.28. The van der Waals surface area contributed by atoms with Gasteiger partial charge in [0.15, 0.2) is 11.3 Å². The minimum absolute atomic E-state index is 0.0332. The summed E-state index contributed by atoms with van der Waals surface area (Å²) in [6, 6.07) is 11.1. The number of anilines is 1. The number of hydrogen-bond donors (Lipinski definition) is 2. The van der Waals surface area contributed by atoms with Crippen LogP contribution in [0.25, 0.3) is 0 Å². The van der Waals surface area contributed by atoms with Gasteiger partial charge >= 0.3 is 6.36 Å². The Morgan fingerprint density at radius 2 is 1.70 bits per heavy atom. The predicted molar refractivity (Wildman–Crippen MR) is 164 cm³/mol. The quantitative estimate of drug-likeness (QED) is 0.289. The van der Waals surface area contributed by atoms with Crippen LogP contribution in [0.3, 0.4) is 0 Å². The Kier molecular flexibility index (Phi) is 9.99. The number of primary amides is 1. The normalized spacial score (nSPS) is 16.8. The Bertz CT molecular complexity index is 1820. The fraction of sp³-hybridized carbons (Fsp3) is 0.300. The zero-order valence-electron chi connectivity index (χ0n) is 25.4. The summed E-state index contributed by atoms with van der Waals surface area (Å²) in [5, 5.41) is 3.04. The molecule has 3 N–H and O–H groups in total. The van der Waals surface area contributed by atoms with Crippen LogP contribution in [0.15, 0.2) is 65.6 Å². The van der Waals surface area contributed by atoms with E-state index in [1.54, 1.807) is 6.07 Å². The van der Waals surface area contributed by atoms with Crippen molar-refractivity contribution in [3.05, 3.63) is 76.8 Å². The molecule has 3 amide bonds. The van der Waals surface area contributed by atoms with E-state index in [9.17, 15) is 36.0 Å². The molecule has 3 aromatic carbocycles. The lowest BCUT2D eigenvalue weighted by Gasteiger charge is -2.35. The number of amides is 3. The second kappa shape index (κ2) is 13.3. The molecule has 0 radical (unpaired) electrons. The third kappa shape index (κ3) is 6.80. The van der Waals surface area contributed by atoms with Gasteiger partial charge in [0.05, 0.1) is 25.9 Å². The molecule has 1 aliphatic rings. The highest BCUT2D eigenvalue weighted by atomic mass is 35.5. The van der Waals surface area contributed by atoms with Crippen LogP contribution in [-0.4, -0.2) is 71.8 Å². The molecule has 1 aliphatic heterocycles. The number of methoxy groups -OCH3 is 2. The van der Waals surface area contributed by atoms with Gasteiger partial charge in [0.25, 0.3) is 15.9 Å². The standard InChI is InChI=1S/C30H30ClF3N4O8S/c1-37(2)27(40)21(11-14-26(35)39)36-29(19-7-5-6-8-23(19)45-4)20-15-17(31)9-12-22(20)38(28(29)41)47(42,43)25-13-10-18(44-3)16-24(25)46-30(32,33)34/h5-10,12-13,15-16,21,36H,11,14H2,1-4H3,(H2,35,39)/t21-,29?/m0/s1. The van der Waals surface area contributed by atoms with Gasteiger partial charge in [0.2, 0.25) is 11.8 Å². The van der Waals surface area contributed by atoms with E-state index in [4.69, 9.17) is 26.8 Å². The van der Waals surface area contributed by atoms with Crippen LogP contribution in [-0.2, 0) is 29.9 Å². The number of para-hydroxylation sites is 1. The van der Waals surface area contributed by atoms with Gasteiger partial charge in [-0.15, -0.1) is 13.2 Å². The van der Waals surface area contributed by atoms with Crippen LogP contribution < -0.4 is 29.6 Å². The molecule has 0 aromatic heterocycles. The van der Waals surface area contributed by atoms with Crippen molar-refractivity contribution in [3.8, 4) is 17.2 Å². The first kappa shape index (κ1) is 35.3. The van der Waals surface area contributed by atoms with Crippen molar-refractivity contribution in [2.45, 2.75) is 35.7 Å². The molecule has 2 atom stereocenters. The van der Waals surface area contributed by atoms with Crippen LogP contribution in [0.5, 0.6) is 17.2 Å². The third-order valence-electron chi connectivity index (χ3n) is 7.30. The van der Waals surface area contributed by atoms with E-state index in [1.165, 1.54) is 62.5 Å². The number of alkyl halides is 3. The Morgan fingerprint density at radius 1 is 1.02 bits per heavy atom. The Balaban J connectivity index is 2.06. The number of fused-ring (bicyclic) bond motifs is 1. The number of nitrogens with zero attached hydrogens (tertiary/aromatic N) is 2. The number of nitrogens with two attached hydrogens (primary N) is 1. The van der Waals surface area contributed by atoms with Crippen LogP contribution in [0, 0.1) is 0 Å². The van der Waals surface area contributed by atoms with Crippen LogP contribution in [0.1, 0.15) is 24.0 Å². The van der Waals surface area contributed by atoms with Crippen molar-refractivity contribution >= 4 is 45.0 Å². The summed E-state index contributed by atoms with van der Waals surface area (Å²) >= 11 is 6.39. The lowest BCUT2D eigenvalue weighted by molar-refractivity contribution is -0.275. The number of carbonyl (C=O) groups excluding carboxylic acids is 3. The molecule has 0 aliphatic carbocycles. The number of benzene rings is 3. The van der Waals surface area contributed by atoms with E-state index in [0.717, 1.165) is 19.2 Å². The van der Waals surface area contributed by atoms with E-state index >= 15 is 0 Å². The van der Waals surface area contributed by atoms with Crippen molar-refractivity contribution in [1.82, 2.24) is 10.2 Å². The molecule has 0 saturated heterocycles. The third-order valence-corrected chi connectivity index (χ3v) is 9.27. The van der Waals surface area contributed by atoms with Gasteiger partial charge in [0.1, 0.15) is 16.4 Å². The fourth-order valence-corrected chi connectivity index (χ4v) is 7.02. The monoisotopic (exact) mass is 698 g/mol. The largest absolute Gasteiger partial charge is 0.573 e. The van der Waals surface area contributed by atoms with Gasteiger partial charge < -0.3 is 24.8 Å². The van der Waals surface area contributed by atoms with Crippen molar-refractivity contribution in [2.24, 2.45) is 5.73 Å². The van der Waals surface area contributed by atoms with Crippen LogP contribution in [0.2, 0.25) is 5.02 Å². The minimum atomic E-state index is -5.32. The highest BCUT2D eigenvalue weighted by Crippen LogP contribution is 2.51. The van der Waals surface area contributed by atoms with Crippen molar-refractivity contribution in [2.75, 3.05) is 32.6 Å². The summed E-state index contributed by atoms with van der Waals surface area (Å²) in [7, 11) is 0.0872. The van der Waals surface area contributed by atoms with Gasteiger partial charge in [-0.3, -0.25) is 19.7 Å². The Hall–Kier alpha value is -4.54. The first-order valence-corrected chi connectivity index (χ1v) is 15.5. The number of likely N-dealkylation sites (N-methyl/N-ethyl adjacent to an activating group) is 1. The smallest absolute Gasteiger partial charge is 0.497 e. The minimum Gasteiger partial charge on any atom is -0.497 e. The maximum absolute atomic E-state index is 15.0. The highest BCUT2D eigenvalue weighted by Gasteiger charge is 2.59. The maximum Gasteiger partial charge on any atom is 0.573 e. The molecular weight excluding hydrogens is 669 g/mol. The van der Waals surface area contributed by atoms with Crippen molar-refractivity contribution in [1.29, 1.82) is 0 Å². The van der Waals surface area contributed by atoms with Gasteiger partial charge in [-0.25, -0.2) is 12.7 Å². The summed E-state index contributed by atoms with van der Waals surface area (Å²) in [6.45, 7) is 0. The average molecular weight is 699 g/mol. The number of ether oxygens (including phenoxy) is 3. The van der Waals surface area contributed by atoms with Crippen molar-refractivity contribution in [3.63, 3.8) is 0 Å². The SMILES string of the molecule is COc1ccc(S(=O)(=O)N2C(=O)C(N[C@@H](CCC(N)=O)C(=O)N(C)C)(c3ccccc3OC)c3cc(Cl)ccc32)c(OC(F)(F)F)c1. The predicted octanol–water partition coefficient (Wildman–Crippen LogP) is 3.55. The molecular formula is C30H30ClF3N4O8S. The summed E-state index contributed by atoms with van der Waals surface area (Å²) in [6.07, 6.45) is -5.84. The molecule has 252 valence electrons. The highest BCUT2D eigenvalue weighted by molar-refractivity contribution is 7.93. The zero-order valence-corrected chi connectivity index (χ0v) is 27.0. The average Bonchev–Trinajstić information content (AvgIpc) is 3.25. The van der Waals surface area contributed by atoms with E-state index in [1.807, 2.05) is 0 Å². The van der Waals surface area contributed by atoms with Gasteiger partial charge in [-0.2, -0.15) is 0 Å². The number of carbonyl (C=O) groups is 3. The van der Waals surface area contributed by atoms with E-state index in [-0.39, 0.29) is 46.2 Å². The van der Waals surface area contributed by atoms with Gasteiger partial charge in [-0.1, -0.05) is 29.8 Å². The lowest BCUT2D eigenvalue weighted by Crippen LogP contribution is -2.59. The molecule has 3 aromatic rings. The topological polar surface area (TPSA) is 158 Å². The molecule has 4 rings (SSSR count). The van der Waals surface area contributed by atoms with Crippen molar-refractivity contribution < 1.29 is 50.2 Å². The molecule has 0 spiro atoms. The molecule has 0 bridgehead atoms. The number of nitrogens with one attached hydrogen (secondary N) is 1. The summed E-state index contributed by atoms with van der Waals surface area (Å²) < 4.78 is 84.1. The van der Waals surface area contributed by atoms with Gasteiger partial charge in [-0.05, 0) is 42.8 Å². The Labute approximate surface area is 273 Å². The number of hydrogen-bond acceptors (Lipinski definition) is 9. The molecule has 0 fully saturated rings. The zero-order chi connectivity index (χ0) is 34.9. The summed E-state index contributed by atoms with van der Waals surface area (Å²) in [4.78, 5) is 40.4. The van der Waals surface area contributed by atoms with Crippen LogP contribution >= 0.6 is 11.6 Å². The second-order valence-corrected chi connectivity index (χ2v) is 12.7. The lowest BCUT2D eigenvalue weighted by atomic mass is 9.82. The molecule has 12 nitrogen and oxygen atoms in total. The maximum atomic E-state index is 15.0. The first-order chi connectivity index (χ1) is 22.0. The van der Waals surface area contributed by atoms with Crippen LogP contribution in [0.4, 0.5) is 18.9 Å². The van der Waals surface area contributed by atoms with E-state index in [0.29, 0.717) is 10.4 Å². The number of halogens is 4.